The molecule has 5 rings (SSSR count). The highest BCUT2D eigenvalue weighted by Gasteiger charge is 2.37. The molecule has 0 unspecified atom stereocenters. The lowest BCUT2D eigenvalue weighted by molar-refractivity contribution is -0.137. The molecule has 1 amide bonds. The zero-order valence-electron chi connectivity index (χ0n) is 19.7. The number of nitrogens with zero attached hydrogens (tertiary/aromatic N) is 1. The maximum Gasteiger partial charge on any atom is 0.416 e. The zero-order chi connectivity index (χ0) is 27.0. The number of carboxylic acids is 1. The number of carbonyl (C=O) groups is 2. The van der Waals surface area contributed by atoms with Crippen molar-refractivity contribution < 1.29 is 27.9 Å². The van der Waals surface area contributed by atoms with Crippen LogP contribution in [0.15, 0.2) is 97.1 Å². The molecular formula is C30H19ClF3NO3. The Morgan fingerprint density at radius 3 is 2.24 bits per heavy atom. The molecule has 0 spiro atoms. The minimum absolute atomic E-state index is 0.0683. The van der Waals surface area contributed by atoms with Gasteiger partial charge in [-0.05, 0) is 47.5 Å². The van der Waals surface area contributed by atoms with Crippen molar-refractivity contribution in [3.05, 3.63) is 135 Å². The van der Waals surface area contributed by atoms with Crippen LogP contribution < -0.4 is 4.90 Å². The molecular weight excluding hydrogens is 515 g/mol. The fourth-order valence-electron chi connectivity index (χ4n) is 4.60. The monoisotopic (exact) mass is 533 g/mol. The quantitative estimate of drug-likeness (QED) is 0.269. The molecule has 190 valence electrons. The van der Waals surface area contributed by atoms with Gasteiger partial charge in [0, 0.05) is 21.7 Å². The van der Waals surface area contributed by atoms with Gasteiger partial charge >= 0.3 is 12.1 Å². The molecule has 0 saturated heterocycles. The van der Waals surface area contributed by atoms with Crippen molar-refractivity contribution in [3.8, 4) is 0 Å². The van der Waals surface area contributed by atoms with E-state index in [1.54, 1.807) is 66.7 Å². The van der Waals surface area contributed by atoms with Gasteiger partial charge in [0.05, 0.1) is 28.9 Å². The minimum atomic E-state index is -4.61. The van der Waals surface area contributed by atoms with Crippen molar-refractivity contribution in [2.24, 2.45) is 0 Å². The molecule has 0 atom stereocenters. The summed E-state index contributed by atoms with van der Waals surface area (Å²) in [6.45, 7) is 0.0683. The number of amides is 1. The number of aromatic carboxylic acids is 1. The predicted octanol–water partition coefficient (Wildman–Crippen LogP) is 7.56. The van der Waals surface area contributed by atoms with Gasteiger partial charge in [-0.2, -0.15) is 13.2 Å². The molecule has 0 bridgehead atoms. The van der Waals surface area contributed by atoms with Crippen molar-refractivity contribution in [1.29, 1.82) is 0 Å². The van der Waals surface area contributed by atoms with E-state index >= 15 is 0 Å². The third-order valence-corrected chi connectivity index (χ3v) is 6.64. The van der Waals surface area contributed by atoms with Crippen molar-refractivity contribution >= 4 is 40.3 Å². The second kappa shape index (κ2) is 9.84. The Bertz CT molecular complexity index is 1600. The molecule has 0 radical (unpaired) electrons. The summed E-state index contributed by atoms with van der Waals surface area (Å²) in [5, 5.41) is 9.44. The van der Waals surface area contributed by atoms with Crippen LogP contribution in [0, 0.1) is 0 Å². The van der Waals surface area contributed by atoms with Gasteiger partial charge in [-0.1, -0.05) is 72.3 Å². The van der Waals surface area contributed by atoms with E-state index in [2.05, 4.69) is 0 Å². The van der Waals surface area contributed by atoms with E-state index in [9.17, 15) is 27.9 Å². The molecule has 4 nitrogen and oxygen atoms in total. The highest BCUT2D eigenvalue weighted by molar-refractivity contribution is 6.40. The zero-order valence-corrected chi connectivity index (χ0v) is 20.4. The number of rotatable bonds is 5. The molecule has 1 heterocycles. The lowest BCUT2D eigenvalue weighted by Gasteiger charge is -2.19. The fourth-order valence-corrected chi connectivity index (χ4v) is 4.81. The largest absolute Gasteiger partial charge is 0.478 e. The van der Waals surface area contributed by atoms with E-state index < -0.39 is 23.6 Å². The molecule has 1 N–H and O–H groups in total. The summed E-state index contributed by atoms with van der Waals surface area (Å²) in [7, 11) is 0. The van der Waals surface area contributed by atoms with E-state index in [4.69, 9.17) is 11.6 Å². The number of fused-ring (bicyclic) bond motifs is 1. The third-order valence-electron chi connectivity index (χ3n) is 6.31. The van der Waals surface area contributed by atoms with Crippen LogP contribution in [0.4, 0.5) is 18.9 Å². The molecule has 4 aromatic rings. The SMILES string of the molecule is O=C(O)c1cccc(CN2C(=O)C(=C(c3ccccc3)c3cc(C(F)(F)F)ccc3Cl)c3ccccc32)c1. The van der Waals surface area contributed by atoms with Gasteiger partial charge in [0.15, 0.2) is 0 Å². The molecule has 38 heavy (non-hydrogen) atoms. The summed E-state index contributed by atoms with van der Waals surface area (Å²) in [5.74, 6) is -1.52. The third kappa shape index (κ3) is 4.68. The van der Waals surface area contributed by atoms with Crippen LogP contribution in [0.25, 0.3) is 11.1 Å². The molecule has 1 aliphatic heterocycles. The number of carbonyl (C=O) groups excluding carboxylic acids is 1. The van der Waals surface area contributed by atoms with Crippen LogP contribution in [0.5, 0.6) is 0 Å². The minimum Gasteiger partial charge on any atom is -0.478 e. The van der Waals surface area contributed by atoms with E-state index in [-0.39, 0.29) is 33.8 Å². The van der Waals surface area contributed by atoms with Crippen LogP contribution in [0.2, 0.25) is 5.02 Å². The Morgan fingerprint density at radius 1 is 0.842 bits per heavy atom. The number of benzene rings is 4. The smallest absolute Gasteiger partial charge is 0.416 e. The molecule has 0 aromatic heterocycles. The van der Waals surface area contributed by atoms with Crippen LogP contribution >= 0.6 is 11.6 Å². The predicted molar refractivity (Wildman–Crippen MR) is 140 cm³/mol. The number of carboxylic acid groups (broad SMARTS) is 1. The standard InChI is InChI=1S/C30H19ClF3NO3/c31-24-14-13-21(30(32,33)34)16-23(24)26(19-8-2-1-3-9-19)27-22-11-4-5-12-25(22)35(28(27)36)17-18-7-6-10-20(15-18)29(37)38/h1-16H,17H2,(H,37,38). The number of anilines is 1. The van der Waals surface area contributed by atoms with Crippen LogP contribution in [-0.2, 0) is 17.5 Å². The Labute approximate surface area is 221 Å². The first-order valence-corrected chi connectivity index (χ1v) is 11.9. The number of hydrogen-bond acceptors (Lipinski definition) is 2. The van der Waals surface area contributed by atoms with Gasteiger partial charge in [0.2, 0.25) is 0 Å². The Balaban J connectivity index is 1.74. The lowest BCUT2D eigenvalue weighted by atomic mass is 9.89. The number of halogens is 4. The average Bonchev–Trinajstić information content (AvgIpc) is 3.16. The highest BCUT2D eigenvalue weighted by atomic mass is 35.5. The Morgan fingerprint density at radius 2 is 1.53 bits per heavy atom. The summed E-state index contributed by atoms with van der Waals surface area (Å²) in [6.07, 6.45) is -4.61. The average molecular weight is 534 g/mol. The lowest BCUT2D eigenvalue weighted by Crippen LogP contribution is -2.26. The number of alkyl halides is 3. The van der Waals surface area contributed by atoms with E-state index in [1.807, 2.05) is 0 Å². The normalized spacial score (nSPS) is 14.4. The Hall–Kier alpha value is -4.36. The summed E-state index contributed by atoms with van der Waals surface area (Å²) in [6, 6.07) is 25.0. The Kier molecular flexibility index (Phi) is 6.55. The second-order valence-electron chi connectivity index (χ2n) is 8.72. The fraction of sp³-hybridized carbons (Fsp3) is 0.0667. The van der Waals surface area contributed by atoms with E-state index in [0.717, 1.165) is 12.1 Å². The highest BCUT2D eigenvalue weighted by Crippen LogP contribution is 2.45. The van der Waals surface area contributed by atoms with Gasteiger partial charge in [0.1, 0.15) is 0 Å². The van der Waals surface area contributed by atoms with Crippen molar-refractivity contribution in [3.63, 3.8) is 0 Å². The molecule has 0 fully saturated rings. The summed E-state index contributed by atoms with van der Waals surface area (Å²) >= 11 is 6.48. The summed E-state index contributed by atoms with van der Waals surface area (Å²) in [5.41, 5.74) is 1.99. The van der Waals surface area contributed by atoms with Gasteiger partial charge in [-0.25, -0.2) is 4.79 Å². The number of para-hydroxylation sites is 1. The van der Waals surface area contributed by atoms with Gasteiger partial charge in [-0.15, -0.1) is 0 Å². The molecule has 8 heteroatoms. The maximum absolute atomic E-state index is 14.1. The molecule has 0 aliphatic carbocycles. The van der Waals surface area contributed by atoms with Crippen LogP contribution in [0.1, 0.15) is 38.2 Å². The van der Waals surface area contributed by atoms with Crippen molar-refractivity contribution in [1.82, 2.24) is 0 Å². The first-order valence-electron chi connectivity index (χ1n) is 11.6. The van der Waals surface area contributed by atoms with Gasteiger partial charge in [-0.3, -0.25) is 4.79 Å². The van der Waals surface area contributed by atoms with E-state index in [0.29, 0.717) is 22.4 Å². The molecule has 1 aliphatic rings. The first-order chi connectivity index (χ1) is 18.1. The van der Waals surface area contributed by atoms with Crippen LogP contribution in [0.3, 0.4) is 0 Å². The van der Waals surface area contributed by atoms with E-state index in [1.165, 1.54) is 23.1 Å². The summed E-state index contributed by atoms with van der Waals surface area (Å²) in [4.78, 5) is 27.0. The first kappa shape index (κ1) is 25.3. The number of hydrogen-bond donors (Lipinski definition) is 1. The van der Waals surface area contributed by atoms with Crippen molar-refractivity contribution in [2.45, 2.75) is 12.7 Å². The van der Waals surface area contributed by atoms with Crippen LogP contribution in [-0.4, -0.2) is 17.0 Å². The second-order valence-corrected chi connectivity index (χ2v) is 9.13. The summed E-state index contributed by atoms with van der Waals surface area (Å²) < 4.78 is 41.0. The van der Waals surface area contributed by atoms with Crippen molar-refractivity contribution in [2.75, 3.05) is 4.90 Å². The van der Waals surface area contributed by atoms with Gasteiger partial charge in [0.25, 0.3) is 5.91 Å². The maximum atomic E-state index is 14.1. The topological polar surface area (TPSA) is 57.6 Å². The molecule has 4 aromatic carbocycles. The molecule has 0 saturated carbocycles. The van der Waals surface area contributed by atoms with Gasteiger partial charge < -0.3 is 10.0 Å².